The molecule has 7 heteroatoms. The van der Waals surface area contributed by atoms with E-state index in [0.717, 1.165) is 22.4 Å². The molecule has 4 N–H and O–H groups in total. The lowest BCUT2D eigenvalue weighted by Gasteiger charge is -2.29. The molecule has 29 heavy (non-hydrogen) atoms. The third kappa shape index (κ3) is 3.73. The molecule has 0 spiro atoms. The second kappa shape index (κ2) is 7.67. The summed E-state index contributed by atoms with van der Waals surface area (Å²) < 4.78 is 0. The number of nitrogens with zero attached hydrogens (tertiary/aromatic N) is 1. The normalized spacial score (nSPS) is 19.7. The van der Waals surface area contributed by atoms with Crippen molar-refractivity contribution in [3.63, 3.8) is 0 Å². The summed E-state index contributed by atoms with van der Waals surface area (Å²) in [7, 11) is 0. The minimum absolute atomic E-state index is 0.0164. The van der Waals surface area contributed by atoms with Crippen LogP contribution in [0.4, 0.5) is 5.69 Å². The van der Waals surface area contributed by atoms with Crippen molar-refractivity contribution < 1.29 is 14.4 Å². The summed E-state index contributed by atoms with van der Waals surface area (Å²) in [5, 5.41) is 5.69. The van der Waals surface area contributed by atoms with Crippen LogP contribution in [0, 0.1) is 0 Å². The van der Waals surface area contributed by atoms with Gasteiger partial charge in [-0.1, -0.05) is 30.3 Å². The molecule has 1 saturated heterocycles. The van der Waals surface area contributed by atoms with Gasteiger partial charge in [0.15, 0.2) is 0 Å². The molecule has 2 aromatic carbocycles. The maximum atomic E-state index is 13.1. The molecule has 1 fully saturated rings. The number of fused-ring (bicyclic) bond motifs is 1. The number of anilines is 1. The van der Waals surface area contributed by atoms with Gasteiger partial charge in [-0.05, 0) is 42.2 Å². The number of nitrogens with one attached hydrogen (secondary N) is 2. The Labute approximate surface area is 169 Å². The number of rotatable bonds is 5. The quantitative estimate of drug-likeness (QED) is 0.676. The number of carbonyl (C=O) groups excluding carboxylic acids is 3. The topological polar surface area (TPSA) is 105 Å². The highest BCUT2D eigenvalue weighted by molar-refractivity contribution is 6.06. The minimum atomic E-state index is -0.598. The van der Waals surface area contributed by atoms with Gasteiger partial charge < -0.3 is 16.0 Å². The van der Waals surface area contributed by atoms with Crippen LogP contribution in [0.3, 0.4) is 0 Å². The molecular weight excluding hydrogens is 368 g/mol. The standard InChI is InChI=1S/C22H24N4O3/c1-13(23)14-5-7-17(8-6-14)24-11-15-3-2-4-16-12-26(22(29)20(15)16)18-9-10-19(27)25-21(18)28/h2-8,13,18,24H,9-12,23H2,1H3,(H,25,27,28)/t13-,18?/m1/s1. The molecule has 2 aliphatic rings. The molecule has 2 aromatic rings. The predicted molar refractivity (Wildman–Crippen MR) is 109 cm³/mol. The summed E-state index contributed by atoms with van der Waals surface area (Å²) in [6, 6.07) is 13.1. The van der Waals surface area contributed by atoms with Crippen LogP contribution >= 0.6 is 0 Å². The van der Waals surface area contributed by atoms with Crippen LogP contribution in [-0.2, 0) is 22.7 Å². The molecule has 2 heterocycles. The third-order valence-electron chi connectivity index (χ3n) is 5.56. The second-order valence-electron chi connectivity index (χ2n) is 7.62. The molecule has 1 unspecified atom stereocenters. The van der Waals surface area contributed by atoms with Gasteiger partial charge in [0.05, 0.1) is 0 Å². The SMILES string of the molecule is C[C@@H](N)c1ccc(NCc2cccc3c2C(=O)N(C2CCC(=O)NC2=O)C3)cc1. The van der Waals surface area contributed by atoms with Gasteiger partial charge in [0, 0.05) is 36.8 Å². The Morgan fingerprint density at radius 2 is 1.93 bits per heavy atom. The molecule has 0 bridgehead atoms. The average molecular weight is 392 g/mol. The summed E-state index contributed by atoms with van der Waals surface area (Å²) >= 11 is 0. The molecule has 0 aromatic heterocycles. The van der Waals surface area contributed by atoms with Crippen LogP contribution in [0.25, 0.3) is 0 Å². The van der Waals surface area contributed by atoms with Crippen molar-refractivity contribution in [1.29, 1.82) is 0 Å². The van der Waals surface area contributed by atoms with Gasteiger partial charge in [0.25, 0.3) is 5.91 Å². The summed E-state index contributed by atoms with van der Waals surface area (Å²) in [5.41, 5.74) is 10.3. The van der Waals surface area contributed by atoms with E-state index < -0.39 is 11.9 Å². The Kier molecular flexibility index (Phi) is 5.07. The summed E-state index contributed by atoms with van der Waals surface area (Å²) in [5.74, 6) is -0.828. The van der Waals surface area contributed by atoms with E-state index in [0.29, 0.717) is 25.1 Å². The first kappa shape index (κ1) is 19.1. The molecule has 150 valence electrons. The molecule has 0 radical (unpaired) electrons. The molecular formula is C22H24N4O3. The molecule has 4 rings (SSSR count). The van der Waals surface area contributed by atoms with Gasteiger partial charge in [0.2, 0.25) is 11.8 Å². The van der Waals surface area contributed by atoms with Crippen molar-refractivity contribution in [2.75, 3.05) is 5.32 Å². The Hall–Kier alpha value is -3.19. The first-order chi connectivity index (χ1) is 13.9. The lowest BCUT2D eigenvalue weighted by molar-refractivity contribution is -0.136. The number of imide groups is 1. The zero-order valence-electron chi connectivity index (χ0n) is 16.3. The zero-order chi connectivity index (χ0) is 20.5. The Morgan fingerprint density at radius 3 is 2.62 bits per heavy atom. The van der Waals surface area contributed by atoms with Gasteiger partial charge >= 0.3 is 0 Å². The number of carbonyl (C=O) groups is 3. The van der Waals surface area contributed by atoms with E-state index in [4.69, 9.17) is 5.73 Å². The van der Waals surface area contributed by atoms with E-state index in [-0.39, 0.29) is 24.3 Å². The zero-order valence-corrected chi connectivity index (χ0v) is 16.3. The first-order valence-electron chi connectivity index (χ1n) is 9.79. The van der Waals surface area contributed by atoms with Gasteiger partial charge in [-0.3, -0.25) is 19.7 Å². The third-order valence-corrected chi connectivity index (χ3v) is 5.56. The highest BCUT2D eigenvalue weighted by Crippen LogP contribution is 2.30. The molecule has 0 saturated carbocycles. The van der Waals surface area contributed by atoms with E-state index in [2.05, 4.69) is 10.6 Å². The van der Waals surface area contributed by atoms with Crippen LogP contribution < -0.4 is 16.4 Å². The van der Waals surface area contributed by atoms with Gasteiger partial charge in [0.1, 0.15) is 6.04 Å². The highest BCUT2D eigenvalue weighted by atomic mass is 16.2. The molecule has 2 aliphatic heterocycles. The van der Waals surface area contributed by atoms with Crippen molar-refractivity contribution in [2.24, 2.45) is 5.73 Å². The largest absolute Gasteiger partial charge is 0.381 e. The molecule has 3 amide bonds. The summed E-state index contributed by atoms with van der Waals surface area (Å²) in [6.07, 6.45) is 0.617. The van der Waals surface area contributed by atoms with E-state index in [1.54, 1.807) is 4.90 Å². The fourth-order valence-electron chi connectivity index (χ4n) is 3.94. The van der Waals surface area contributed by atoms with Crippen molar-refractivity contribution in [2.45, 2.75) is 44.9 Å². The lowest BCUT2D eigenvalue weighted by atomic mass is 10.0. The summed E-state index contributed by atoms with van der Waals surface area (Å²) in [6.45, 7) is 2.82. The molecule has 7 nitrogen and oxygen atoms in total. The highest BCUT2D eigenvalue weighted by Gasteiger charge is 2.39. The number of piperidine rings is 1. The van der Waals surface area contributed by atoms with Crippen LogP contribution in [0.15, 0.2) is 42.5 Å². The number of hydrogen-bond donors (Lipinski definition) is 3. The number of amides is 3. The number of nitrogens with two attached hydrogens (primary N) is 1. The smallest absolute Gasteiger partial charge is 0.255 e. The Bertz CT molecular complexity index is 969. The Morgan fingerprint density at radius 1 is 1.17 bits per heavy atom. The minimum Gasteiger partial charge on any atom is -0.381 e. The van der Waals surface area contributed by atoms with E-state index in [1.165, 1.54) is 0 Å². The number of hydrogen-bond acceptors (Lipinski definition) is 5. The van der Waals surface area contributed by atoms with Crippen molar-refractivity contribution in [1.82, 2.24) is 10.2 Å². The number of benzene rings is 2. The van der Waals surface area contributed by atoms with Crippen LogP contribution in [0.2, 0.25) is 0 Å². The first-order valence-corrected chi connectivity index (χ1v) is 9.79. The molecule has 2 atom stereocenters. The fraction of sp³-hybridized carbons (Fsp3) is 0.318. The lowest BCUT2D eigenvalue weighted by Crippen LogP contribution is -2.52. The van der Waals surface area contributed by atoms with Gasteiger partial charge in [-0.25, -0.2) is 0 Å². The fourth-order valence-corrected chi connectivity index (χ4v) is 3.94. The van der Waals surface area contributed by atoms with Gasteiger partial charge in [-0.2, -0.15) is 0 Å². The van der Waals surface area contributed by atoms with E-state index >= 15 is 0 Å². The van der Waals surface area contributed by atoms with Crippen molar-refractivity contribution in [3.8, 4) is 0 Å². The predicted octanol–water partition coefficient (Wildman–Crippen LogP) is 2.08. The average Bonchev–Trinajstić information content (AvgIpc) is 3.04. The molecule has 0 aliphatic carbocycles. The second-order valence-corrected chi connectivity index (χ2v) is 7.62. The van der Waals surface area contributed by atoms with Crippen LogP contribution in [0.5, 0.6) is 0 Å². The maximum Gasteiger partial charge on any atom is 0.255 e. The van der Waals surface area contributed by atoms with E-state index in [9.17, 15) is 14.4 Å². The van der Waals surface area contributed by atoms with Gasteiger partial charge in [-0.15, -0.1) is 0 Å². The summed E-state index contributed by atoms with van der Waals surface area (Å²) in [4.78, 5) is 38.3. The van der Waals surface area contributed by atoms with Crippen molar-refractivity contribution in [3.05, 3.63) is 64.7 Å². The van der Waals surface area contributed by atoms with Crippen LogP contribution in [-0.4, -0.2) is 28.7 Å². The Balaban J connectivity index is 1.50. The maximum absolute atomic E-state index is 13.1. The van der Waals surface area contributed by atoms with E-state index in [1.807, 2.05) is 49.4 Å². The van der Waals surface area contributed by atoms with Crippen molar-refractivity contribution >= 4 is 23.4 Å². The van der Waals surface area contributed by atoms with Crippen LogP contribution in [0.1, 0.15) is 52.9 Å². The monoisotopic (exact) mass is 392 g/mol.